The van der Waals surface area contributed by atoms with Gasteiger partial charge in [0.2, 0.25) is 5.91 Å². The molecule has 7 nitrogen and oxygen atoms in total. The molecule has 0 aliphatic carbocycles. The molecule has 1 heterocycles. The van der Waals surface area contributed by atoms with Crippen LogP contribution in [-0.4, -0.2) is 33.1 Å². The van der Waals surface area contributed by atoms with Crippen molar-refractivity contribution in [1.29, 1.82) is 0 Å². The first-order chi connectivity index (χ1) is 18.7. The fourth-order valence-electron chi connectivity index (χ4n) is 4.66. The maximum absolute atomic E-state index is 11.8. The quantitative estimate of drug-likeness (QED) is 0.244. The molecule has 4 N–H and O–H groups in total. The van der Waals surface area contributed by atoms with E-state index in [2.05, 4.69) is 55.8 Å². The average Bonchev–Trinajstić information content (AvgIpc) is 3.33. The van der Waals surface area contributed by atoms with Crippen LogP contribution in [0.5, 0.6) is 0 Å². The number of carbonyl (C=O) groups is 1. The van der Waals surface area contributed by atoms with Gasteiger partial charge in [0.25, 0.3) is 0 Å². The van der Waals surface area contributed by atoms with Gasteiger partial charge in [-0.05, 0) is 23.0 Å². The smallest absolute Gasteiger partial charge is 0.234 e. The van der Waals surface area contributed by atoms with Crippen molar-refractivity contribution in [3.63, 3.8) is 0 Å². The van der Waals surface area contributed by atoms with E-state index in [0.29, 0.717) is 26.1 Å². The van der Waals surface area contributed by atoms with Gasteiger partial charge in [-0.3, -0.25) is 9.63 Å². The summed E-state index contributed by atoms with van der Waals surface area (Å²) in [6.07, 6.45) is 2.47. The van der Waals surface area contributed by atoms with Gasteiger partial charge < -0.3 is 16.0 Å². The Balaban J connectivity index is 1.77. The molecule has 2 atom stereocenters. The normalized spacial score (nSPS) is 13.4. The molecule has 39 heavy (non-hydrogen) atoms. The number of nitrogens with two attached hydrogens (primary N) is 2. The van der Waals surface area contributed by atoms with Crippen LogP contribution in [0, 0.1) is 5.41 Å². The van der Waals surface area contributed by atoms with E-state index in [9.17, 15) is 4.79 Å². The van der Waals surface area contributed by atoms with E-state index >= 15 is 0 Å². The highest BCUT2D eigenvalue weighted by atomic mass is 16.7. The number of rotatable bonds is 12. The maximum Gasteiger partial charge on any atom is 0.234 e. The van der Waals surface area contributed by atoms with E-state index in [1.165, 1.54) is 5.56 Å². The van der Waals surface area contributed by atoms with Crippen molar-refractivity contribution >= 4 is 5.91 Å². The molecule has 0 unspecified atom stereocenters. The van der Waals surface area contributed by atoms with Gasteiger partial charge in [0, 0.05) is 24.8 Å². The van der Waals surface area contributed by atoms with E-state index in [-0.39, 0.29) is 11.5 Å². The maximum atomic E-state index is 11.8. The Morgan fingerprint density at radius 2 is 1.49 bits per heavy atom. The number of hydrogen-bond acceptors (Lipinski definition) is 5. The lowest BCUT2D eigenvalue weighted by Crippen LogP contribution is -2.43. The molecule has 204 valence electrons. The topological polar surface area (TPSA) is 99.4 Å². The number of primary amides is 1. The van der Waals surface area contributed by atoms with Crippen LogP contribution >= 0.6 is 0 Å². The summed E-state index contributed by atoms with van der Waals surface area (Å²) < 4.78 is 2.21. The lowest BCUT2D eigenvalue weighted by atomic mass is 9.85. The van der Waals surface area contributed by atoms with E-state index in [1.54, 1.807) is 0 Å². The van der Waals surface area contributed by atoms with E-state index in [0.717, 1.165) is 22.6 Å². The summed E-state index contributed by atoms with van der Waals surface area (Å²) in [6.45, 7) is 7.98. The number of carbonyl (C=O) groups excluding carboxylic acids is 1. The summed E-state index contributed by atoms with van der Waals surface area (Å²) >= 11 is 0. The molecule has 1 amide bonds. The predicted molar refractivity (Wildman–Crippen MR) is 155 cm³/mol. The van der Waals surface area contributed by atoms with Crippen LogP contribution in [0.3, 0.4) is 0 Å². The lowest BCUT2D eigenvalue weighted by Gasteiger charge is -2.39. The SMILES string of the molecule is CC(C)(C)[C@H](c1nc(-c2ccccc2)cn1Cc1ccccc1)N(CC[C@@H](N)C(N)=O)OCc1ccccc1. The van der Waals surface area contributed by atoms with Crippen LogP contribution < -0.4 is 11.5 Å². The third-order valence-electron chi connectivity index (χ3n) is 6.69. The molecule has 0 saturated carbocycles. The molecule has 4 aromatic rings. The number of amides is 1. The van der Waals surface area contributed by atoms with Gasteiger partial charge in [-0.2, -0.15) is 5.06 Å². The van der Waals surface area contributed by atoms with E-state index < -0.39 is 11.9 Å². The van der Waals surface area contributed by atoms with Gasteiger partial charge in [0.1, 0.15) is 5.82 Å². The number of imidazole rings is 1. The molecule has 0 aliphatic heterocycles. The molecule has 7 heteroatoms. The molecular formula is C32H39N5O2. The molecule has 3 aromatic carbocycles. The lowest BCUT2D eigenvalue weighted by molar-refractivity contribution is -0.221. The molecule has 0 bridgehead atoms. The minimum atomic E-state index is -0.766. The van der Waals surface area contributed by atoms with Crippen LogP contribution in [-0.2, 0) is 22.8 Å². The second-order valence-corrected chi connectivity index (χ2v) is 10.9. The summed E-state index contributed by atoms with van der Waals surface area (Å²) in [6, 6.07) is 29.6. The number of benzene rings is 3. The van der Waals surface area contributed by atoms with Crippen LogP contribution in [0.4, 0.5) is 0 Å². The highest BCUT2D eigenvalue weighted by molar-refractivity contribution is 5.79. The Morgan fingerprint density at radius 1 is 0.923 bits per heavy atom. The molecule has 0 aliphatic rings. The average molecular weight is 526 g/mol. The molecule has 0 fully saturated rings. The third-order valence-corrected chi connectivity index (χ3v) is 6.69. The Bertz CT molecular complexity index is 1320. The van der Waals surface area contributed by atoms with Crippen molar-refractivity contribution in [2.45, 2.75) is 52.4 Å². The van der Waals surface area contributed by atoms with Crippen molar-refractivity contribution in [3.05, 3.63) is 114 Å². The summed E-state index contributed by atoms with van der Waals surface area (Å²) in [4.78, 5) is 23.5. The Labute approximate surface area is 231 Å². The van der Waals surface area contributed by atoms with Gasteiger partial charge >= 0.3 is 0 Å². The third kappa shape index (κ3) is 7.63. The molecule has 0 saturated heterocycles. The zero-order chi connectivity index (χ0) is 27.8. The molecular weight excluding hydrogens is 486 g/mol. The summed E-state index contributed by atoms with van der Waals surface area (Å²) in [7, 11) is 0. The Kier molecular flexibility index (Phi) is 9.30. The zero-order valence-electron chi connectivity index (χ0n) is 23.0. The Hall–Kier alpha value is -3.78. The van der Waals surface area contributed by atoms with Crippen molar-refractivity contribution in [2.24, 2.45) is 16.9 Å². The van der Waals surface area contributed by atoms with Gasteiger partial charge in [-0.25, -0.2) is 4.98 Å². The Morgan fingerprint density at radius 3 is 2.05 bits per heavy atom. The van der Waals surface area contributed by atoms with Crippen LogP contribution in [0.25, 0.3) is 11.3 Å². The first kappa shape index (κ1) is 28.2. The summed E-state index contributed by atoms with van der Waals surface area (Å²) in [5.74, 6) is 0.355. The first-order valence-electron chi connectivity index (χ1n) is 13.4. The van der Waals surface area contributed by atoms with E-state index in [4.69, 9.17) is 21.3 Å². The van der Waals surface area contributed by atoms with Gasteiger partial charge in [0.05, 0.1) is 24.4 Å². The van der Waals surface area contributed by atoms with Gasteiger partial charge in [-0.15, -0.1) is 0 Å². The van der Waals surface area contributed by atoms with Crippen molar-refractivity contribution in [3.8, 4) is 11.3 Å². The minimum Gasteiger partial charge on any atom is -0.368 e. The summed E-state index contributed by atoms with van der Waals surface area (Å²) in [5.41, 5.74) is 15.4. The molecule has 0 radical (unpaired) electrons. The minimum absolute atomic E-state index is 0.248. The number of aromatic nitrogens is 2. The van der Waals surface area contributed by atoms with Gasteiger partial charge in [-0.1, -0.05) is 112 Å². The predicted octanol–water partition coefficient (Wildman–Crippen LogP) is 5.32. The van der Waals surface area contributed by atoms with E-state index in [1.807, 2.05) is 71.8 Å². The number of nitrogens with zero attached hydrogens (tertiary/aromatic N) is 3. The van der Waals surface area contributed by atoms with Crippen LogP contribution in [0.2, 0.25) is 0 Å². The fraction of sp³-hybridized carbons (Fsp3) is 0.312. The molecule has 4 rings (SSSR count). The second-order valence-electron chi connectivity index (χ2n) is 10.9. The molecule has 1 aromatic heterocycles. The number of hydrogen-bond donors (Lipinski definition) is 2. The summed E-state index contributed by atoms with van der Waals surface area (Å²) in [5, 5.41) is 1.94. The van der Waals surface area contributed by atoms with Crippen molar-refractivity contribution in [1.82, 2.24) is 14.6 Å². The zero-order valence-corrected chi connectivity index (χ0v) is 23.0. The largest absolute Gasteiger partial charge is 0.368 e. The highest BCUT2D eigenvalue weighted by Crippen LogP contribution is 2.39. The highest BCUT2D eigenvalue weighted by Gasteiger charge is 2.37. The monoisotopic (exact) mass is 525 g/mol. The fourth-order valence-corrected chi connectivity index (χ4v) is 4.66. The molecule has 0 spiro atoms. The van der Waals surface area contributed by atoms with Crippen molar-refractivity contribution in [2.75, 3.05) is 6.54 Å². The van der Waals surface area contributed by atoms with Gasteiger partial charge in [0.15, 0.2) is 0 Å². The first-order valence-corrected chi connectivity index (χ1v) is 13.4. The van der Waals surface area contributed by atoms with Crippen LogP contribution in [0.1, 0.15) is 50.2 Å². The van der Waals surface area contributed by atoms with Crippen molar-refractivity contribution < 1.29 is 9.63 Å². The van der Waals surface area contributed by atoms with Crippen LogP contribution in [0.15, 0.2) is 97.2 Å². The number of hydroxylamine groups is 2. The second kappa shape index (κ2) is 12.8. The standard InChI is InChI=1S/C32H39N5O2/c1-32(2,3)29(37(20-19-27(33)30(34)38)39-23-25-15-9-5-10-16-25)31-35-28(26-17-11-6-12-18-26)22-36(31)21-24-13-7-4-8-14-24/h4-18,22,27,29H,19-21,23,33H2,1-3H3,(H2,34,38)/t27-,29+/m1/s1.